The van der Waals surface area contributed by atoms with Gasteiger partial charge in [0.05, 0.1) is 17.7 Å². The summed E-state index contributed by atoms with van der Waals surface area (Å²) < 4.78 is 5.37. The van der Waals surface area contributed by atoms with E-state index in [1.54, 1.807) is 24.3 Å². The normalized spacial score (nSPS) is 21.0. The minimum atomic E-state index is -0.952. The first-order valence-electron chi connectivity index (χ1n) is 7.05. The van der Waals surface area contributed by atoms with E-state index in [9.17, 15) is 9.59 Å². The van der Waals surface area contributed by atoms with Crippen LogP contribution in [0.3, 0.4) is 0 Å². The molecule has 0 bridgehead atoms. The van der Waals surface area contributed by atoms with Crippen LogP contribution < -0.4 is 10.6 Å². The summed E-state index contributed by atoms with van der Waals surface area (Å²) >= 11 is 0. The molecule has 6 heteroatoms. The molecule has 1 aromatic carbocycles. The van der Waals surface area contributed by atoms with Gasteiger partial charge in [-0.3, -0.25) is 0 Å². The number of benzene rings is 1. The van der Waals surface area contributed by atoms with Gasteiger partial charge in [-0.2, -0.15) is 0 Å². The van der Waals surface area contributed by atoms with Crippen molar-refractivity contribution in [2.75, 3.05) is 13.2 Å². The molecule has 2 atom stereocenters. The number of hydrogen-bond acceptors (Lipinski definition) is 3. The zero-order valence-electron chi connectivity index (χ0n) is 12.0. The number of rotatable bonds is 5. The number of carbonyl (C=O) groups excluding carboxylic acids is 1. The Balaban J connectivity index is 1.79. The van der Waals surface area contributed by atoms with E-state index in [4.69, 9.17) is 9.84 Å². The van der Waals surface area contributed by atoms with E-state index in [2.05, 4.69) is 10.6 Å². The minimum absolute atomic E-state index is 0.0310. The first-order chi connectivity index (χ1) is 10.1. The number of carboxylic acid groups (broad SMARTS) is 1. The molecule has 0 spiro atoms. The number of carboxylic acids is 1. The van der Waals surface area contributed by atoms with Crippen LogP contribution in [0, 0.1) is 0 Å². The average molecular weight is 292 g/mol. The Bertz CT molecular complexity index is 518. The molecule has 1 aliphatic heterocycles. The molecule has 1 fully saturated rings. The van der Waals surface area contributed by atoms with Crippen LogP contribution in [-0.4, -0.2) is 42.4 Å². The molecule has 3 N–H and O–H groups in total. The fourth-order valence-electron chi connectivity index (χ4n) is 2.40. The van der Waals surface area contributed by atoms with Crippen molar-refractivity contribution in [3.8, 4) is 0 Å². The van der Waals surface area contributed by atoms with Crippen molar-refractivity contribution in [1.82, 2.24) is 10.6 Å². The molecule has 0 saturated carbocycles. The number of nitrogens with one attached hydrogen (secondary N) is 2. The zero-order valence-corrected chi connectivity index (χ0v) is 12.0. The molecule has 6 nitrogen and oxygen atoms in total. The Kier molecular flexibility index (Phi) is 5.16. The summed E-state index contributed by atoms with van der Waals surface area (Å²) in [5.74, 6) is -0.952. The van der Waals surface area contributed by atoms with E-state index in [0.717, 1.165) is 6.42 Å². The summed E-state index contributed by atoms with van der Waals surface area (Å²) in [6, 6.07) is 6.60. The molecule has 114 valence electrons. The van der Waals surface area contributed by atoms with Gasteiger partial charge in [-0.05, 0) is 31.4 Å². The molecule has 2 rings (SSSR count). The first-order valence-corrected chi connectivity index (χ1v) is 7.05. The predicted molar refractivity (Wildman–Crippen MR) is 77.5 cm³/mol. The molecular weight excluding hydrogens is 272 g/mol. The SMILES string of the molecule is CC1OCCC1NC(=O)NCCc1ccccc1C(=O)O. The number of aromatic carboxylic acids is 1. The lowest BCUT2D eigenvalue weighted by atomic mass is 10.0. The van der Waals surface area contributed by atoms with Gasteiger partial charge in [0.1, 0.15) is 0 Å². The van der Waals surface area contributed by atoms with Crippen molar-refractivity contribution in [2.45, 2.75) is 31.9 Å². The zero-order chi connectivity index (χ0) is 15.2. The lowest BCUT2D eigenvalue weighted by molar-refractivity contribution is 0.0695. The van der Waals surface area contributed by atoms with Crippen LogP contribution in [0.2, 0.25) is 0 Å². The number of carbonyl (C=O) groups is 2. The van der Waals surface area contributed by atoms with Gasteiger partial charge in [-0.1, -0.05) is 18.2 Å². The quantitative estimate of drug-likeness (QED) is 0.765. The summed E-state index contributed by atoms with van der Waals surface area (Å²) in [6.45, 7) is 2.98. The van der Waals surface area contributed by atoms with Crippen LogP contribution >= 0.6 is 0 Å². The Hall–Kier alpha value is -2.08. The third-order valence-corrected chi connectivity index (χ3v) is 3.62. The van der Waals surface area contributed by atoms with Crippen molar-refractivity contribution >= 4 is 12.0 Å². The van der Waals surface area contributed by atoms with Crippen LogP contribution in [0.4, 0.5) is 4.79 Å². The second kappa shape index (κ2) is 7.08. The Morgan fingerprint density at radius 3 is 2.81 bits per heavy atom. The number of amides is 2. The average Bonchev–Trinajstić information content (AvgIpc) is 2.84. The van der Waals surface area contributed by atoms with Crippen molar-refractivity contribution in [2.24, 2.45) is 0 Å². The van der Waals surface area contributed by atoms with Crippen LogP contribution in [0.25, 0.3) is 0 Å². The lowest BCUT2D eigenvalue weighted by Crippen LogP contribution is -2.45. The van der Waals surface area contributed by atoms with Crippen LogP contribution in [0.5, 0.6) is 0 Å². The summed E-state index contributed by atoms with van der Waals surface area (Å²) in [5, 5.41) is 14.7. The number of hydrogen-bond donors (Lipinski definition) is 3. The maximum Gasteiger partial charge on any atom is 0.335 e. The van der Waals surface area contributed by atoms with E-state index in [1.807, 2.05) is 6.92 Å². The van der Waals surface area contributed by atoms with Gasteiger partial charge in [0.25, 0.3) is 0 Å². The summed E-state index contributed by atoms with van der Waals surface area (Å²) in [5.41, 5.74) is 0.986. The molecule has 1 aromatic rings. The maximum absolute atomic E-state index is 11.8. The van der Waals surface area contributed by atoms with E-state index in [1.165, 1.54) is 0 Å². The van der Waals surface area contributed by atoms with Gasteiger partial charge in [0, 0.05) is 13.2 Å². The molecule has 21 heavy (non-hydrogen) atoms. The molecular formula is C15H20N2O4. The Labute approximate surface area is 123 Å². The largest absolute Gasteiger partial charge is 0.478 e. The van der Waals surface area contributed by atoms with Crippen molar-refractivity contribution in [3.05, 3.63) is 35.4 Å². The highest BCUT2D eigenvalue weighted by atomic mass is 16.5. The second-order valence-corrected chi connectivity index (χ2v) is 5.08. The van der Waals surface area contributed by atoms with E-state index < -0.39 is 5.97 Å². The molecule has 2 amide bonds. The highest BCUT2D eigenvalue weighted by Gasteiger charge is 2.25. The van der Waals surface area contributed by atoms with Gasteiger partial charge in [0.2, 0.25) is 0 Å². The van der Waals surface area contributed by atoms with Gasteiger partial charge >= 0.3 is 12.0 Å². The van der Waals surface area contributed by atoms with Gasteiger partial charge in [-0.15, -0.1) is 0 Å². The summed E-state index contributed by atoms with van der Waals surface area (Å²) in [4.78, 5) is 22.8. The van der Waals surface area contributed by atoms with Crippen LogP contribution in [-0.2, 0) is 11.2 Å². The summed E-state index contributed by atoms with van der Waals surface area (Å²) in [7, 11) is 0. The minimum Gasteiger partial charge on any atom is -0.478 e. The highest BCUT2D eigenvalue weighted by Crippen LogP contribution is 2.12. The van der Waals surface area contributed by atoms with Crippen molar-refractivity contribution in [1.29, 1.82) is 0 Å². The molecule has 1 heterocycles. The van der Waals surface area contributed by atoms with Gasteiger partial charge in [-0.25, -0.2) is 9.59 Å². The van der Waals surface area contributed by atoms with Crippen LogP contribution in [0.1, 0.15) is 29.3 Å². The van der Waals surface area contributed by atoms with Crippen molar-refractivity contribution < 1.29 is 19.4 Å². The predicted octanol–water partition coefficient (Wildman–Crippen LogP) is 1.40. The Morgan fingerprint density at radius 2 is 2.14 bits per heavy atom. The molecule has 0 radical (unpaired) electrons. The fourth-order valence-corrected chi connectivity index (χ4v) is 2.40. The second-order valence-electron chi connectivity index (χ2n) is 5.08. The number of ether oxygens (including phenoxy) is 1. The third kappa shape index (κ3) is 4.19. The fraction of sp³-hybridized carbons (Fsp3) is 0.467. The molecule has 2 unspecified atom stereocenters. The van der Waals surface area contributed by atoms with E-state index in [-0.39, 0.29) is 23.7 Å². The van der Waals surface area contributed by atoms with E-state index >= 15 is 0 Å². The molecule has 1 saturated heterocycles. The standard InChI is InChI=1S/C15H20N2O4/c1-10-13(7-9-21-10)17-15(20)16-8-6-11-4-2-3-5-12(11)14(18)19/h2-5,10,13H,6-9H2,1H3,(H,18,19)(H2,16,17,20). The third-order valence-electron chi connectivity index (χ3n) is 3.62. The maximum atomic E-state index is 11.8. The van der Waals surface area contributed by atoms with E-state index in [0.29, 0.717) is 25.1 Å². The molecule has 1 aliphatic rings. The molecule has 0 aromatic heterocycles. The summed E-state index contributed by atoms with van der Waals surface area (Å²) in [6.07, 6.45) is 1.33. The molecule has 0 aliphatic carbocycles. The Morgan fingerprint density at radius 1 is 1.38 bits per heavy atom. The first kappa shape index (κ1) is 15.3. The number of urea groups is 1. The highest BCUT2D eigenvalue weighted by molar-refractivity contribution is 5.89. The van der Waals surface area contributed by atoms with Crippen molar-refractivity contribution in [3.63, 3.8) is 0 Å². The lowest BCUT2D eigenvalue weighted by Gasteiger charge is -2.16. The van der Waals surface area contributed by atoms with Gasteiger partial charge < -0.3 is 20.5 Å². The smallest absolute Gasteiger partial charge is 0.335 e. The monoisotopic (exact) mass is 292 g/mol. The topological polar surface area (TPSA) is 87.7 Å². The van der Waals surface area contributed by atoms with Crippen LogP contribution in [0.15, 0.2) is 24.3 Å². The van der Waals surface area contributed by atoms with Gasteiger partial charge in [0.15, 0.2) is 0 Å².